The van der Waals surface area contributed by atoms with Gasteiger partial charge in [-0.3, -0.25) is 0 Å². The summed E-state index contributed by atoms with van der Waals surface area (Å²) in [4.78, 5) is 0. The van der Waals surface area contributed by atoms with Gasteiger partial charge in [0.25, 0.3) is 0 Å². The second-order valence-corrected chi connectivity index (χ2v) is 5.27. The van der Waals surface area contributed by atoms with E-state index in [0.717, 1.165) is 19.6 Å². The van der Waals surface area contributed by atoms with E-state index in [2.05, 4.69) is 38.1 Å². The number of benzene rings is 1. The molecule has 0 radical (unpaired) electrons. The largest absolute Gasteiger partial charge is 0.381 e. The molecule has 2 heteroatoms. The molecule has 1 aliphatic heterocycles. The average Bonchev–Trinajstić information content (AvgIpc) is 2.83. The summed E-state index contributed by atoms with van der Waals surface area (Å²) in [6, 6.07) is 8.81. The first-order chi connectivity index (χ1) is 7.63. The smallest absolute Gasteiger partial charge is 0.0535 e. The Labute approximate surface area is 97.8 Å². The summed E-state index contributed by atoms with van der Waals surface area (Å²) >= 11 is 0. The minimum absolute atomic E-state index is 0.0650. The number of hydrogen-bond donors (Lipinski definition) is 1. The summed E-state index contributed by atoms with van der Waals surface area (Å²) in [6.07, 6.45) is 1.15. The molecule has 1 heterocycles. The fourth-order valence-electron chi connectivity index (χ4n) is 2.13. The molecule has 1 aromatic carbocycles. The lowest BCUT2D eigenvalue weighted by Gasteiger charge is -2.24. The Morgan fingerprint density at radius 1 is 1.44 bits per heavy atom. The number of hydrogen-bond acceptors (Lipinski definition) is 2. The van der Waals surface area contributed by atoms with E-state index in [1.54, 1.807) is 0 Å². The Bertz CT molecular complexity index is 354. The molecule has 1 fully saturated rings. The van der Waals surface area contributed by atoms with E-state index in [-0.39, 0.29) is 5.41 Å². The lowest BCUT2D eigenvalue weighted by molar-refractivity contribution is 0.194. The van der Waals surface area contributed by atoms with Crippen molar-refractivity contribution in [2.24, 2.45) is 5.73 Å². The standard InChI is InChI=1S/C14H21NO/c1-14(2,10-15)13-5-3-4-11(8-13)12-6-7-16-9-12/h3-5,8,12H,6-7,9-10,15H2,1-2H3. The van der Waals surface area contributed by atoms with Crippen molar-refractivity contribution >= 4 is 0 Å². The molecule has 1 aromatic rings. The first-order valence-corrected chi connectivity index (χ1v) is 6.02. The molecule has 1 saturated heterocycles. The molecule has 2 nitrogen and oxygen atoms in total. The van der Waals surface area contributed by atoms with Gasteiger partial charge in [0.05, 0.1) is 6.61 Å². The molecule has 88 valence electrons. The molecule has 0 spiro atoms. The normalized spacial score (nSPS) is 21.3. The molecular formula is C14H21NO. The highest BCUT2D eigenvalue weighted by atomic mass is 16.5. The summed E-state index contributed by atoms with van der Waals surface area (Å²) < 4.78 is 5.44. The predicted molar refractivity (Wildman–Crippen MR) is 66.7 cm³/mol. The van der Waals surface area contributed by atoms with Crippen LogP contribution in [0.25, 0.3) is 0 Å². The van der Waals surface area contributed by atoms with Crippen molar-refractivity contribution in [1.82, 2.24) is 0 Å². The zero-order valence-corrected chi connectivity index (χ0v) is 10.2. The molecule has 1 aliphatic rings. The third-order valence-corrected chi connectivity index (χ3v) is 3.58. The van der Waals surface area contributed by atoms with E-state index >= 15 is 0 Å². The SMILES string of the molecule is CC(C)(CN)c1cccc(C2CCOC2)c1. The molecule has 2 N–H and O–H groups in total. The van der Waals surface area contributed by atoms with Crippen LogP contribution in [0.2, 0.25) is 0 Å². The van der Waals surface area contributed by atoms with Gasteiger partial charge in [-0.1, -0.05) is 38.1 Å². The van der Waals surface area contributed by atoms with Crippen LogP contribution in [0.3, 0.4) is 0 Å². The Morgan fingerprint density at radius 3 is 2.88 bits per heavy atom. The summed E-state index contributed by atoms with van der Waals surface area (Å²) in [6.45, 7) is 6.83. The van der Waals surface area contributed by atoms with Crippen LogP contribution in [-0.4, -0.2) is 19.8 Å². The highest BCUT2D eigenvalue weighted by molar-refractivity contribution is 5.32. The molecule has 0 aliphatic carbocycles. The van der Waals surface area contributed by atoms with Crippen LogP contribution < -0.4 is 5.73 Å². The van der Waals surface area contributed by atoms with Gasteiger partial charge in [0.1, 0.15) is 0 Å². The molecule has 1 unspecified atom stereocenters. The molecule has 2 rings (SSSR count). The van der Waals surface area contributed by atoms with E-state index < -0.39 is 0 Å². The zero-order valence-electron chi connectivity index (χ0n) is 10.2. The molecule has 0 aromatic heterocycles. The Kier molecular flexibility index (Phi) is 3.31. The van der Waals surface area contributed by atoms with Crippen molar-refractivity contribution in [1.29, 1.82) is 0 Å². The van der Waals surface area contributed by atoms with Crippen LogP contribution in [-0.2, 0) is 10.2 Å². The zero-order chi connectivity index (χ0) is 11.6. The number of rotatable bonds is 3. The van der Waals surface area contributed by atoms with Crippen molar-refractivity contribution in [2.45, 2.75) is 31.6 Å². The van der Waals surface area contributed by atoms with Crippen LogP contribution in [0.15, 0.2) is 24.3 Å². The van der Waals surface area contributed by atoms with Crippen molar-refractivity contribution < 1.29 is 4.74 Å². The van der Waals surface area contributed by atoms with Crippen LogP contribution in [0.1, 0.15) is 37.3 Å². The first kappa shape index (κ1) is 11.6. The van der Waals surface area contributed by atoms with Gasteiger partial charge in [0, 0.05) is 24.5 Å². The third-order valence-electron chi connectivity index (χ3n) is 3.58. The maximum atomic E-state index is 5.82. The maximum absolute atomic E-state index is 5.82. The van der Waals surface area contributed by atoms with E-state index in [9.17, 15) is 0 Å². The Hall–Kier alpha value is -0.860. The Morgan fingerprint density at radius 2 is 2.25 bits per heavy atom. The second-order valence-electron chi connectivity index (χ2n) is 5.27. The summed E-state index contributed by atoms with van der Waals surface area (Å²) in [7, 11) is 0. The number of ether oxygens (including phenoxy) is 1. The van der Waals surface area contributed by atoms with Crippen LogP contribution in [0, 0.1) is 0 Å². The second kappa shape index (κ2) is 4.56. The van der Waals surface area contributed by atoms with Gasteiger partial charge in [-0.2, -0.15) is 0 Å². The fraction of sp³-hybridized carbons (Fsp3) is 0.571. The molecule has 0 bridgehead atoms. The van der Waals surface area contributed by atoms with Gasteiger partial charge in [-0.15, -0.1) is 0 Å². The molecule has 1 atom stereocenters. The fourth-order valence-corrected chi connectivity index (χ4v) is 2.13. The van der Waals surface area contributed by atoms with Gasteiger partial charge in [0.2, 0.25) is 0 Å². The van der Waals surface area contributed by atoms with Crippen molar-refractivity contribution in [2.75, 3.05) is 19.8 Å². The highest BCUT2D eigenvalue weighted by Gasteiger charge is 2.22. The van der Waals surface area contributed by atoms with E-state index in [0.29, 0.717) is 12.5 Å². The molecule has 0 amide bonds. The summed E-state index contributed by atoms with van der Waals surface area (Å²) in [5, 5.41) is 0. The van der Waals surface area contributed by atoms with Gasteiger partial charge in [-0.05, 0) is 17.5 Å². The minimum Gasteiger partial charge on any atom is -0.381 e. The van der Waals surface area contributed by atoms with Crippen molar-refractivity contribution in [3.8, 4) is 0 Å². The topological polar surface area (TPSA) is 35.2 Å². The van der Waals surface area contributed by atoms with Crippen LogP contribution in [0.4, 0.5) is 0 Å². The predicted octanol–water partition coefficient (Wildman–Crippen LogP) is 2.43. The van der Waals surface area contributed by atoms with Crippen molar-refractivity contribution in [3.63, 3.8) is 0 Å². The van der Waals surface area contributed by atoms with Gasteiger partial charge < -0.3 is 10.5 Å². The van der Waals surface area contributed by atoms with E-state index in [4.69, 9.17) is 10.5 Å². The lowest BCUT2D eigenvalue weighted by atomic mass is 9.82. The maximum Gasteiger partial charge on any atom is 0.0535 e. The molecule has 0 saturated carbocycles. The average molecular weight is 219 g/mol. The monoisotopic (exact) mass is 219 g/mol. The lowest BCUT2D eigenvalue weighted by Crippen LogP contribution is -2.28. The van der Waals surface area contributed by atoms with Crippen LogP contribution in [0.5, 0.6) is 0 Å². The van der Waals surface area contributed by atoms with E-state index in [1.807, 2.05) is 0 Å². The molecule has 16 heavy (non-hydrogen) atoms. The first-order valence-electron chi connectivity index (χ1n) is 6.02. The quantitative estimate of drug-likeness (QED) is 0.847. The summed E-state index contributed by atoms with van der Waals surface area (Å²) in [5.74, 6) is 0.577. The van der Waals surface area contributed by atoms with Gasteiger partial charge in [-0.25, -0.2) is 0 Å². The highest BCUT2D eigenvalue weighted by Crippen LogP contribution is 2.29. The molecular weight excluding hydrogens is 198 g/mol. The Balaban J connectivity index is 2.25. The van der Waals surface area contributed by atoms with Crippen LogP contribution >= 0.6 is 0 Å². The third kappa shape index (κ3) is 2.28. The van der Waals surface area contributed by atoms with Gasteiger partial charge in [0.15, 0.2) is 0 Å². The number of nitrogens with two attached hydrogens (primary N) is 1. The van der Waals surface area contributed by atoms with Gasteiger partial charge >= 0.3 is 0 Å². The van der Waals surface area contributed by atoms with Crippen molar-refractivity contribution in [3.05, 3.63) is 35.4 Å². The van der Waals surface area contributed by atoms with E-state index in [1.165, 1.54) is 11.1 Å². The minimum atomic E-state index is 0.0650. The summed E-state index contributed by atoms with van der Waals surface area (Å²) in [5.41, 5.74) is 8.61.